The molecule has 0 radical (unpaired) electrons. The summed E-state index contributed by atoms with van der Waals surface area (Å²) in [5.41, 5.74) is 1.07. The number of hydrogen-bond donors (Lipinski definition) is 3. The van der Waals surface area contributed by atoms with Crippen LogP contribution in [0.25, 0.3) is 0 Å². The second-order valence-electron chi connectivity index (χ2n) is 5.06. The molecule has 0 spiro atoms. The van der Waals surface area contributed by atoms with Gasteiger partial charge in [-0.15, -0.1) is 0 Å². The Bertz CT molecular complexity index is 459. The van der Waals surface area contributed by atoms with Crippen LogP contribution in [-0.4, -0.2) is 59.4 Å². The zero-order valence-corrected chi connectivity index (χ0v) is 11.9. The summed E-state index contributed by atoms with van der Waals surface area (Å²) < 4.78 is 0. The number of nitrogens with one attached hydrogen (secondary N) is 1. The Labute approximate surface area is 123 Å². The molecule has 0 unspecified atom stereocenters. The molecule has 1 aromatic carbocycles. The normalized spacial score (nSPS) is 22.9. The number of benzene rings is 1. The summed E-state index contributed by atoms with van der Waals surface area (Å²) in [6.07, 6.45) is -0.791. The lowest BCUT2D eigenvalue weighted by Crippen LogP contribution is -2.37. The highest BCUT2D eigenvalue weighted by atomic mass is 35.5. The maximum atomic E-state index is 11.7. The number of aliphatic hydroxyl groups is 2. The zero-order chi connectivity index (χ0) is 14.5. The van der Waals surface area contributed by atoms with Gasteiger partial charge in [-0.05, 0) is 24.1 Å². The van der Waals surface area contributed by atoms with Gasteiger partial charge in [-0.3, -0.25) is 9.69 Å². The molecule has 1 heterocycles. The smallest absolute Gasteiger partial charge is 0.234 e. The van der Waals surface area contributed by atoms with Crippen LogP contribution in [-0.2, 0) is 11.2 Å². The molecule has 1 saturated heterocycles. The summed E-state index contributed by atoms with van der Waals surface area (Å²) in [7, 11) is 0. The minimum atomic E-state index is -0.755. The van der Waals surface area contributed by atoms with Crippen molar-refractivity contribution in [1.29, 1.82) is 0 Å². The number of amides is 1. The predicted molar refractivity (Wildman–Crippen MR) is 76.6 cm³/mol. The molecule has 5 nitrogen and oxygen atoms in total. The fraction of sp³-hybridized carbons (Fsp3) is 0.500. The summed E-state index contributed by atoms with van der Waals surface area (Å²) in [6.45, 7) is 1.41. The predicted octanol–water partition coefficient (Wildman–Crippen LogP) is 0.0361. The molecule has 6 heteroatoms. The van der Waals surface area contributed by atoms with E-state index in [4.69, 9.17) is 11.6 Å². The van der Waals surface area contributed by atoms with Gasteiger partial charge in [-0.1, -0.05) is 23.7 Å². The standard InChI is InChI=1S/C14H19ClN2O3/c15-11-3-1-2-10(6-11)4-5-16-14(20)9-17-7-12(18)13(19)8-17/h1-3,6,12-13,18-19H,4-5,7-9H2,(H,16,20)/t12-,13+. The third-order valence-corrected chi connectivity index (χ3v) is 3.56. The highest BCUT2D eigenvalue weighted by molar-refractivity contribution is 6.30. The molecule has 20 heavy (non-hydrogen) atoms. The van der Waals surface area contributed by atoms with Gasteiger partial charge in [0.25, 0.3) is 0 Å². The second kappa shape index (κ2) is 7.04. The van der Waals surface area contributed by atoms with Crippen LogP contribution in [0.4, 0.5) is 0 Å². The van der Waals surface area contributed by atoms with E-state index in [1.165, 1.54) is 0 Å². The van der Waals surface area contributed by atoms with Crippen molar-refractivity contribution in [2.45, 2.75) is 18.6 Å². The Morgan fingerprint density at radius 3 is 2.70 bits per heavy atom. The molecule has 0 saturated carbocycles. The van der Waals surface area contributed by atoms with Gasteiger partial charge >= 0.3 is 0 Å². The first-order valence-electron chi connectivity index (χ1n) is 6.64. The minimum absolute atomic E-state index is 0.103. The largest absolute Gasteiger partial charge is 0.389 e. The number of carbonyl (C=O) groups is 1. The molecule has 1 amide bonds. The van der Waals surface area contributed by atoms with Gasteiger partial charge in [0, 0.05) is 24.7 Å². The van der Waals surface area contributed by atoms with Gasteiger partial charge in [0.15, 0.2) is 0 Å². The molecule has 3 N–H and O–H groups in total. The van der Waals surface area contributed by atoms with Crippen molar-refractivity contribution in [1.82, 2.24) is 10.2 Å². The van der Waals surface area contributed by atoms with Crippen LogP contribution in [0.2, 0.25) is 5.02 Å². The van der Waals surface area contributed by atoms with E-state index in [1.54, 1.807) is 4.90 Å². The van der Waals surface area contributed by atoms with E-state index in [-0.39, 0.29) is 12.5 Å². The third-order valence-electron chi connectivity index (χ3n) is 3.33. The molecule has 1 aliphatic heterocycles. The number of likely N-dealkylation sites (tertiary alicyclic amines) is 1. The molecular formula is C14H19ClN2O3. The average molecular weight is 299 g/mol. The van der Waals surface area contributed by atoms with E-state index in [9.17, 15) is 15.0 Å². The summed E-state index contributed by atoms with van der Waals surface area (Å²) in [6, 6.07) is 7.53. The van der Waals surface area contributed by atoms with E-state index < -0.39 is 12.2 Å². The lowest BCUT2D eigenvalue weighted by atomic mass is 10.1. The van der Waals surface area contributed by atoms with Crippen molar-refractivity contribution >= 4 is 17.5 Å². The second-order valence-corrected chi connectivity index (χ2v) is 5.50. The monoisotopic (exact) mass is 298 g/mol. The van der Waals surface area contributed by atoms with Crippen molar-refractivity contribution in [3.8, 4) is 0 Å². The summed E-state index contributed by atoms with van der Waals surface area (Å²) in [5, 5.41) is 22.3. The highest BCUT2D eigenvalue weighted by Crippen LogP contribution is 2.11. The summed E-state index contributed by atoms with van der Waals surface area (Å²) >= 11 is 5.89. The maximum Gasteiger partial charge on any atom is 0.234 e. The van der Waals surface area contributed by atoms with Crippen LogP contribution < -0.4 is 5.32 Å². The molecular weight excluding hydrogens is 280 g/mol. The van der Waals surface area contributed by atoms with E-state index in [2.05, 4.69) is 5.32 Å². The van der Waals surface area contributed by atoms with Crippen LogP contribution in [0, 0.1) is 0 Å². The van der Waals surface area contributed by atoms with Gasteiger partial charge in [0.05, 0.1) is 18.8 Å². The molecule has 110 valence electrons. The summed E-state index contributed by atoms with van der Waals surface area (Å²) in [4.78, 5) is 13.5. The number of hydrogen-bond acceptors (Lipinski definition) is 4. The van der Waals surface area contributed by atoms with E-state index in [0.29, 0.717) is 24.7 Å². The lowest BCUT2D eigenvalue weighted by molar-refractivity contribution is -0.122. The Kier molecular flexibility index (Phi) is 5.37. The SMILES string of the molecule is O=C(CN1C[C@@H](O)[C@@H](O)C1)NCCc1cccc(Cl)c1. The molecule has 1 aliphatic rings. The quantitative estimate of drug-likeness (QED) is 0.717. The third kappa shape index (κ3) is 4.45. The van der Waals surface area contributed by atoms with E-state index >= 15 is 0 Å². The van der Waals surface area contributed by atoms with Crippen molar-refractivity contribution in [3.63, 3.8) is 0 Å². The Morgan fingerprint density at radius 1 is 1.35 bits per heavy atom. The van der Waals surface area contributed by atoms with E-state index in [0.717, 1.165) is 12.0 Å². The topological polar surface area (TPSA) is 72.8 Å². The van der Waals surface area contributed by atoms with Crippen molar-refractivity contribution in [3.05, 3.63) is 34.9 Å². The molecule has 0 aliphatic carbocycles. The first kappa shape index (κ1) is 15.3. The van der Waals surface area contributed by atoms with Crippen molar-refractivity contribution < 1.29 is 15.0 Å². The van der Waals surface area contributed by atoms with Gasteiger partial charge < -0.3 is 15.5 Å². The number of aliphatic hydroxyl groups excluding tert-OH is 2. The fourth-order valence-electron chi connectivity index (χ4n) is 2.27. The Morgan fingerprint density at radius 2 is 2.05 bits per heavy atom. The molecule has 0 aromatic heterocycles. The molecule has 1 fully saturated rings. The fourth-order valence-corrected chi connectivity index (χ4v) is 2.49. The average Bonchev–Trinajstić information content (AvgIpc) is 2.68. The van der Waals surface area contributed by atoms with Gasteiger partial charge in [0.1, 0.15) is 0 Å². The van der Waals surface area contributed by atoms with Gasteiger partial charge in [-0.25, -0.2) is 0 Å². The van der Waals surface area contributed by atoms with Crippen LogP contribution in [0.5, 0.6) is 0 Å². The molecule has 2 rings (SSSR count). The van der Waals surface area contributed by atoms with Crippen LogP contribution >= 0.6 is 11.6 Å². The van der Waals surface area contributed by atoms with Gasteiger partial charge in [0.2, 0.25) is 5.91 Å². The highest BCUT2D eigenvalue weighted by Gasteiger charge is 2.30. The molecule has 2 atom stereocenters. The first-order chi connectivity index (χ1) is 9.54. The van der Waals surface area contributed by atoms with Crippen molar-refractivity contribution in [2.75, 3.05) is 26.2 Å². The van der Waals surface area contributed by atoms with Crippen molar-refractivity contribution in [2.24, 2.45) is 0 Å². The molecule has 0 bridgehead atoms. The number of nitrogens with zero attached hydrogens (tertiary/aromatic N) is 1. The van der Waals surface area contributed by atoms with Crippen LogP contribution in [0.3, 0.4) is 0 Å². The number of halogens is 1. The Hall–Kier alpha value is -1.14. The number of β-amino-alcohol motifs (C(OH)–C–C–N with tert-alkyl or cyclic N) is 2. The Balaban J connectivity index is 1.68. The van der Waals surface area contributed by atoms with E-state index in [1.807, 2.05) is 24.3 Å². The van der Waals surface area contributed by atoms with Crippen LogP contribution in [0.1, 0.15) is 5.56 Å². The number of rotatable bonds is 5. The molecule has 1 aromatic rings. The van der Waals surface area contributed by atoms with Crippen LogP contribution in [0.15, 0.2) is 24.3 Å². The minimum Gasteiger partial charge on any atom is -0.389 e. The zero-order valence-electron chi connectivity index (χ0n) is 11.1. The summed E-state index contributed by atoms with van der Waals surface area (Å²) in [5.74, 6) is -0.103. The maximum absolute atomic E-state index is 11.7. The van der Waals surface area contributed by atoms with Gasteiger partial charge in [-0.2, -0.15) is 0 Å². The lowest BCUT2D eigenvalue weighted by Gasteiger charge is -2.14. The number of carbonyl (C=O) groups excluding carboxylic acids is 1. The first-order valence-corrected chi connectivity index (χ1v) is 7.02.